The Morgan fingerprint density at radius 1 is 1.39 bits per heavy atom. The number of allylic oxidation sites excluding steroid dienone is 2. The van der Waals surface area contributed by atoms with E-state index in [0.29, 0.717) is 24.2 Å². The second-order valence-corrected chi connectivity index (χ2v) is 7.40. The molecule has 1 aromatic rings. The molecule has 1 saturated carbocycles. The minimum absolute atomic E-state index is 0.139. The van der Waals surface area contributed by atoms with Gasteiger partial charge in [-0.15, -0.1) is 0 Å². The highest BCUT2D eigenvalue weighted by Gasteiger charge is 2.28. The molecule has 1 aliphatic carbocycles. The summed E-state index contributed by atoms with van der Waals surface area (Å²) < 4.78 is 0. The van der Waals surface area contributed by atoms with Crippen molar-refractivity contribution >= 4 is 11.9 Å². The summed E-state index contributed by atoms with van der Waals surface area (Å²) in [5.74, 6) is -1.06. The molecule has 0 spiro atoms. The molecule has 5 heteroatoms. The maximum absolute atomic E-state index is 13.2. The summed E-state index contributed by atoms with van der Waals surface area (Å²) in [6.45, 7) is 10.1. The van der Waals surface area contributed by atoms with E-state index in [1.54, 1.807) is 17.1 Å². The highest BCUT2D eigenvalue weighted by atomic mass is 16.4. The molecule has 1 aromatic carbocycles. The number of carbonyl (C=O) groups excluding carboxylic acids is 1. The van der Waals surface area contributed by atoms with Crippen LogP contribution in [0.2, 0.25) is 0 Å². The monoisotopic (exact) mass is 380 g/mol. The van der Waals surface area contributed by atoms with E-state index in [1.807, 2.05) is 26.8 Å². The van der Waals surface area contributed by atoms with Crippen LogP contribution in [0.3, 0.4) is 0 Å². The van der Waals surface area contributed by atoms with Crippen LogP contribution in [-0.4, -0.2) is 35.0 Å². The molecule has 1 N–H and O–H groups in total. The first-order valence-corrected chi connectivity index (χ1v) is 9.73. The van der Waals surface area contributed by atoms with Crippen LogP contribution in [0.4, 0.5) is 0 Å². The molecule has 0 radical (unpaired) electrons. The van der Waals surface area contributed by atoms with Crippen molar-refractivity contribution in [2.75, 3.05) is 13.1 Å². The Kier molecular flexibility index (Phi) is 7.17. The number of benzene rings is 1. The van der Waals surface area contributed by atoms with Crippen molar-refractivity contribution in [1.29, 1.82) is 5.26 Å². The van der Waals surface area contributed by atoms with Gasteiger partial charge in [-0.3, -0.25) is 4.79 Å². The maximum Gasteiger partial charge on any atom is 0.335 e. The van der Waals surface area contributed by atoms with Gasteiger partial charge in [0.2, 0.25) is 0 Å². The number of aromatic carboxylic acids is 1. The van der Waals surface area contributed by atoms with Gasteiger partial charge in [-0.1, -0.05) is 32.1 Å². The lowest BCUT2D eigenvalue weighted by Gasteiger charge is -2.29. The van der Waals surface area contributed by atoms with E-state index in [4.69, 9.17) is 0 Å². The fourth-order valence-corrected chi connectivity index (χ4v) is 3.60. The Balaban J connectivity index is 2.34. The zero-order valence-electron chi connectivity index (χ0n) is 16.9. The van der Waals surface area contributed by atoms with E-state index in [2.05, 4.69) is 12.6 Å². The summed E-state index contributed by atoms with van der Waals surface area (Å²) >= 11 is 0. The Hall–Kier alpha value is -2.87. The van der Waals surface area contributed by atoms with Gasteiger partial charge in [-0.2, -0.15) is 5.26 Å². The van der Waals surface area contributed by atoms with E-state index < -0.39 is 5.97 Å². The summed E-state index contributed by atoms with van der Waals surface area (Å²) in [6.07, 6.45) is 6.33. The minimum atomic E-state index is -0.993. The maximum atomic E-state index is 13.2. The fraction of sp³-hybridized carbons (Fsp3) is 0.435. The van der Waals surface area contributed by atoms with Crippen LogP contribution in [0.1, 0.15) is 70.9 Å². The van der Waals surface area contributed by atoms with Crippen molar-refractivity contribution in [3.8, 4) is 6.07 Å². The van der Waals surface area contributed by atoms with Gasteiger partial charge in [-0.25, -0.2) is 4.79 Å². The van der Waals surface area contributed by atoms with Crippen LogP contribution >= 0.6 is 0 Å². The molecule has 0 saturated heterocycles. The predicted octanol–water partition coefficient (Wildman–Crippen LogP) is 4.69. The fourth-order valence-electron chi connectivity index (χ4n) is 3.60. The molecule has 1 amide bonds. The Labute approximate surface area is 167 Å². The highest BCUT2D eigenvalue weighted by molar-refractivity contribution is 5.99. The number of amides is 1. The number of carboxylic acid groups (broad SMARTS) is 1. The van der Waals surface area contributed by atoms with Gasteiger partial charge in [0.05, 0.1) is 11.6 Å². The number of nitriles is 1. The van der Waals surface area contributed by atoms with Crippen molar-refractivity contribution in [2.24, 2.45) is 5.92 Å². The molecule has 0 aromatic heterocycles. The van der Waals surface area contributed by atoms with Gasteiger partial charge in [0.25, 0.3) is 5.91 Å². The van der Waals surface area contributed by atoms with Crippen LogP contribution < -0.4 is 0 Å². The van der Waals surface area contributed by atoms with E-state index in [1.165, 1.54) is 6.07 Å². The molecule has 28 heavy (non-hydrogen) atoms. The number of aryl methyl sites for hydroxylation is 1. The largest absolute Gasteiger partial charge is 0.478 e. The Morgan fingerprint density at radius 3 is 2.54 bits per heavy atom. The average molecular weight is 380 g/mol. The number of nitrogens with zero attached hydrogens (tertiary/aromatic N) is 2. The van der Waals surface area contributed by atoms with Gasteiger partial charge in [0.15, 0.2) is 0 Å². The number of hydrogen-bond acceptors (Lipinski definition) is 3. The summed E-state index contributed by atoms with van der Waals surface area (Å²) in [5.41, 5.74) is 2.84. The van der Waals surface area contributed by atoms with Gasteiger partial charge in [-0.05, 0) is 55.9 Å². The highest BCUT2D eigenvalue weighted by Crippen LogP contribution is 2.39. The van der Waals surface area contributed by atoms with Crippen molar-refractivity contribution in [3.05, 3.63) is 58.7 Å². The predicted molar refractivity (Wildman–Crippen MR) is 109 cm³/mol. The second-order valence-electron chi connectivity index (χ2n) is 7.40. The molecule has 0 bridgehead atoms. The molecule has 0 aliphatic heterocycles. The normalized spacial score (nSPS) is 15.3. The Bertz CT molecular complexity index is 844. The van der Waals surface area contributed by atoms with Crippen LogP contribution in [0.15, 0.2) is 36.4 Å². The Morgan fingerprint density at radius 2 is 2.07 bits per heavy atom. The molecule has 1 unspecified atom stereocenters. The average Bonchev–Trinajstić information content (AvgIpc) is 2.61. The number of hydrogen-bond donors (Lipinski definition) is 1. The van der Waals surface area contributed by atoms with Crippen LogP contribution in [0, 0.1) is 24.2 Å². The van der Waals surface area contributed by atoms with Gasteiger partial charge >= 0.3 is 5.97 Å². The molecule has 5 nitrogen and oxygen atoms in total. The first-order chi connectivity index (χ1) is 13.3. The first-order valence-electron chi connectivity index (χ1n) is 9.73. The number of carbonyl (C=O) groups is 2. The van der Waals surface area contributed by atoms with Gasteiger partial charge < -0.3 is 10.0 Å². The third kappa shape index (κ3) is 4.51. The van der Waals surface area contributed by atoms with Crippen LogP contribution in [0.5, 0.6) is 0 Å². The lowest BCUT2D eigenvalue weighted by Crippen LogP contribution is -2.35. The lowest BCUT2D eigenvalue weighted by atomic mass is 9.77. The van der Waals surface area contributed by atoms with E-state index >= 15 is 0 Å². The minimum Gasteiger partial charge on any atom is -0.478 e. The van der Waals surface area contributed by atoms with Gasteiger partial charge in [0.1, 0.15) is 0 Å². The summed E-state index contributed by atoms with van der Waals surface area (Å²) in [6, 6.07) is 5.56. The molecule has 1 fully saturated rings. The number of carboxylic acids is 1. The summed E-state index contributed by atoms with van der Waals surface area (Å²) in [7, 11) is 0. The smallest absolute Gasteiger partial charge is 0.335 e. The van der Waals surface area contributed by atoms with E-state index in [9.17, 15) is 20.0 Å². The van der Waals surface area contributed by atoms with Crippen molar-refractivity contribution in [2.45, 2.75) is 46.0 Å². The molecular formula is C23H28N2O3. The topological polar surface area (TPSA) is 81.4 Å². The molecule has 1 aliphatic rings. The molecular weight excluding hydrogens is 352 g/mol. The van der Waals surface area contributed by atoms with Crippen molar-refractivity contribution in [1.82, 2.24) is 4.90 Å². The standard InChI is InChI=1S/C23H28N2O3/c1-5-8-18(13-24)16(4)14-25(6-2)22(26)19-12-21(23(27)28)20(11-15(19)3)17-9-7-10-17/h5,8,11-12,16-17H,1,6-7,9-10,14H2,2-4H3,(H,27,28)/b18-8-. The van der Waals surface area contributed by atoms with Crippen LogP contribution in [0.25, 0.3) is 0 Å². The zero-order chi connectivity index (χ0) is 20.8. The lowest BCUT2D eigenvalue weighted by molar-refractivity contribution is 0.0694. The molecule has 0 heterocycles. The summed E-state index contributed by atoms with van der Waals surface area (Å²) in [4.78, 5) is 26.6. The van der Waals surface area contributed by atoms with E-state index in [-0.39, 0.29) is 23.3 Å². The van der Waals surface area contributed by atoms with E-state index in [0.717, 1.165) is 30.4 Å². The SMILES string of the molecule is C=C/C=C(/C#N)C(C)CN(CC)C(=O)c1cc(C(=O)O)c(C2CCC2)cc1C. The third-order valence-corrected chi connectivity index (χ3v) is 5.52. The quantitative estimate of drug-likeness (QED) is 0.524. The zero-order valence-corrected chi connectivity index (χ0v) is 16.9. The third-order valence-electron chi connectivity index (χ3n) is 5.52. The van der Waals surface area contributed by atoms with Crippen LogP contribution in [-0.2, 0) is 0 Å². The molecule has 1 atom stereocenters. The first kappa shape index (κ1) is 21.4. The van der Waals surface area contributed by atoms with Crippen molar-refractivity contribution in [3.63, 3.8) is 0 Å². The van der Waals surface area contributed by atoms with Gasteiger partial charge in [0, 0.05) is 30.1 Å². The second kappa shape index (κ2) is 9.36. The summed E-state index contributed by atoms with van der Waals surface area (Å²) in [5, 5.41) is 18.9. The van der Waals surface area contributed by atoms with Crippen molar-refractivity contribution < 1.29 is 14.7 Å². The molecule has 148 valence electrons. The molecule has 2 rings (SSSR count). The number of rotatable bonds is 8.